The average Bonchev–Trinajstić information content (AvgIpc) is 2.79. The van der Waals surface area contributed by atoms with Gasteiger partial charge >= 0.3 is 6.03 Å². The number of urea groups is 1. The van der Waals surface area contributed by atoms with Gasteiger partial charge < -0.3 is 15.3 Å². The van der Waals surface area contributed by atoms with E-state index in [1.807, 2.05) is 0 Å². The normalized spacial score (nSPS) is 14.6. The molecule has 1 aliphatic carbocycles. The lowest BCUT2D eigenvalue weighted by molar-refractivity contribution is 0.249. The Balaban J connectivity index is 2.13. The van der Waals surface area contributed by atoms with Crippen LogP contribution in [0.3, 0.4) is 0 Å². The number of amides is 2. The number of carbonyl (C=O) groups is 1. The van der Waals surface area contributed by atoms with Crippen LogP contribution in [0.1, 0.15) is 29.7 Å². The molecule has 0 saturated carbocycles. The van der Waals surface area contributed by atoms with Crippen molar-refractivity contribution in [1.29, 1.82) is 0 Å². The number of aromatic hydroxyl groups is 1. The fourth-order valence-corrected chi connectivity index (χ4v) is 2.66. The summed E-state index contributed by atoms with van der Waals surface area (Å²) in [6, 6.07) is 2.56. The molecule has 2 amide bonds. The van der Waals surface area contributed by atoms with E-state index in [0.29, 0.717) is 5.56 Å². The molecule has 1 heterocycles. The molecule has 1 aliphatic rings. The lowest BCUT2D eigenvalue weighted by Crippen LogP contribution is -2.24. The average molecular weight is 273 g/mol. The Morgan fingerprint density at radius 1 is 1.40 bits per heavy atom. The molecule has 1 aromatic carbocycles. The maximum absolute atomic E-state index is 10.6. The molecule has 2 aromatic rings. The predicted octanol–water partition coefficient (Wildman–Crippen LogP) is 2.02. The summed E-state index contributed by atoms with van der Waals surface area (Å²) in [6.07, 6.45) is 5.46. The molecule has 3 rings (SSSR count). The van der Waals surface area contributed by atoms with Gasteiger partial charge in [0.1, 0.15) is 17.1 Å². The molecule has 0 fully saturated rings. The van der Waals surface area contributed by atoms with Crippen molar-refractivity contribution in [3.8, 4) is 5.75 Å². The molecule has 0 radical (unpaired) electrons. The Hall–Kier alpha value is -2.50. The van der Waals surface area contributed by atoms with E-state index in [1.54, 1.807) is 12.1 Å². The van der Waals surface area contributed by atoms with Crippen molar-refractivity contribution in [3.05, 3.63) is 29.0 Å². The van der Waals surface area contributed by atoms with E-state index < -0.39 is 6.03 Å². The summed E-state index contributed by atoms with van der Waals surface area (Å²) in [7, 11) is 0. The number of hydrogen-bond acceptors (Lipinski definition) is 4. The van der Waals surface area contributed by atoms with Gasteiger partial charge in [0, 0.05) is 22.9 Å². The van der Waals surface area contributed by atoms with Gasteiger partial charge in [-0.05, 0) is 31.4 Å². The third-order valence-electron chi connectivity index (χ3n) is 3.50. The van der Waals surface area contributed by atoms with Crippen molar-refractivity contribution in [2.75, 3.05) is 0 Å². The minimum atomic E-state index is -0.748. The number of nitrogens with two attached hydrogens (primary N) is 1. The van der Waals surface area contributed by atoms with Gasteiger partial charge in [-0.15, -0.1) is 0 Å². The molecule has 0 bridgehead atoms. The number of carbonyl (C=O) groups excluding carboxylic acids is 1. The number of aryl methyl sites for hydroxylation is 2. The number of nitrogens with zero attached hydrogens (tertiary/aromatic N) is 1. The van der Waals surface area contributed by atoms with Gasteiger partial charge in [0.05, 0.1) is 6.21 Å². The molecule has 1 aromatic heterocycles. The first-order chi connectivity index (χ1) is 9.66. The van der Waals surface area contributed by atoms with Gasteiger partial charge in [-0.1, -0.05) is 0 Å². The van der Waals surface area contributed by atoms with Crippen LogP contribution in [0, 0.1) is 0 Å². The van der Waals surface area contributed by atoms with Crippen LogP contribution in [0.5, 0.6) is 5.75 Å². The number of benzene rings is 1. The highest BCUT2D eigenvalue weighted by Gasteiger charge is 2.21. The molecular formula is C14H15N3O3. The fraction of sp³-hybridized carbons (Fsp3) is 0.286. The number of hydrazone groups is 1. The number of rotatable bonds is 2. The number of primary amides is 1. The second kappa shape index (κ2) is 4.88. The van der Waals surface area contributed by atoms with E-state index in [0.717, 1.165) is 48.0 Å². The van der Waals surface area contributed by atoms with E-state index in [1.165, 1.54) is 6.21 Å². The van der Waals surface area contributed by atoms with E-state index in [-0.39, 0.29) is 5.75 Å². The zero-order valence-electron chi connectivity index (χ0n) is 10.8. The standard InChI is InChI=1S/C14H15N3O3/c15-14(19)17-16-7-9-10(18)5-6-12-13(9)8-3-1-2-4-11(8)20-12/h5-7,18H,1-4H2,(H3,15,17,19)/b16-7+. The van der Waals surface area contributed by atoms with Gasteiger partial charge in [0.2, 0.25) is 0 Å². The Bertz CT molecular complexity index is 703. The molecule has 20 heavy (non-hydrogen) atoms. The Morgan fingerprint density at radius 2 is 2.20 bits per heavy atom. The van der Waals surface area contributed by atoms with Crippen molar-refractivity contribution >= 4 is 23.2 Å². The van der Waals surface area contributed by atoms with Gasteiger partial charge in [-0.2, -0.15) is 5.10 Å². The SMILES string of the molecule is NC(=O)N/N=C/c1c(O)ccc2oc3c(c12)CCCC3. The highest BCUT2D eigenvalue weighted by Crippen LogP contribution is 2.36. The van der Waals surface area contributed by atoms with Crippen LogP contribution in [-0.4, -0.2) is 17.4 Å². The smallest absolute Gasteiger partial charge is 0.332 e. The number of nitrogens with one attached hydrogen (secondary N) is 1. The highest BCUT2D eigenvalue weighted by molar-refractivity contribution is 6.03. The van der Waals surface area contributed by atoms with Crippen LogP contribution < -0.4 is 11.2 Å². The second-order valence-electron chi connectivity index (χ2n) is 4.82. The lowest BCUT2D eigenvalue weighted by Gasteiger charge is -2.09. The van der Waals surface area contributed by atoms with Crippen molar-refractivity contribution in [2.45, 2.75) is 25.7 Å². The quantitative estimate of drug-likeness (QED) is 0.576. The molecule has 0 unspecified atom stereocenters. The molecule has 6 heteroatoms. The maximum Gasteiger partial charge on any atom is 0.332 e. The summed E-state index contributed by atoms with van der Waals surface area (Å²) in [4.78, 5) is 10.6. The van der Waals surface area contributed by atoms with E-state index in [2.05, 4.69) is 10.5 Å². The molecule has 6 nitrogen and oxygen atoms in total. The molecule has 104 valence electrons. The zero-order valence-corrected chi connectivity index (χ0v) is 10.8. The minimum Gasteiger partial charge on any atom is -0.507 e. The summed E-state index contributed by atoms with van der Waals surface area (Å²) in [5.41, 5.74) is 9.48. The van der Waals surface area contributed by atoms with E-state index in [9.17, 15) is 9.90 Å². The van der Waals surface area contributed by atoms with Crippen molar-refractivity contribution in [1.82, 2.24) is 5.43 Å². The molecule has 0 spiro atoms. The first kappa shape index (κ1) is 12.5. The molecule has 4 N–H and O–H groups in total. The minimum absolute atomic E-state index is 0.0988. The Kier molecular flexibility index (Phi) is 3.06. The van der Waals surface area contributed by atoms with Crippen molar-refractivity contribution in [2.24, 2.45) is 10.8 Å². The van der Waals surface area contributed by atoms with Gasteiger partial charge in [0.25, 0.3) is 0 Å². The first-order valence-corrected chi connectivity index (χ1v) is 6.51. The summed E-state index contributed by atoms with van der Waals surface area (Å²) in [6.45, 7) is 0. The van der Waals surface area contributed by atoms with Gasteiger partial charge in [-0.25, -0.2) is 10.2 Å². The number of hydrogen-bond donors (Lipinski definition) is 3. The summed E-state index contributed by atoms with van der Waals surface area (Å²) in [5, 5.41) is 14.6. The van der Waals surface area contributed by atoms with E-state index in [4.69, 9.17) is 10.2 Å². The second-order valence-corrected chi connectivity index (χ2v) is 4.82. The van der Waals surface area contributed by atoms with Crippen LogP contribution in [0.25, 0.3) is 11.0 Å². The summed E-state index contributed by atoms with van der Waals surface area (Å²) < 4.78 is 5.83. The highest BCUT2D eigenvalue weighted by atomic mass is 16.3. The van der Waals surface area contributed by atoms with Crippen LogP contribution in [0.15, 0.2) is 21.7 Å². The summed E-state index contributed by atoms with van der Waals surface area (Å²) in [5.74, 6) is 1.08. The lowest BCUT2D eigenvalue weighted by atomic mass is 9.94. The van der Waals surface area contributed by atoms with Gasteiger partial charge in [0.15, 0.2) is 0 Å². The van der Waals surface area contributed by atoms with Crippen LogP contribution >= 0.6 is 0 Å². The first-order valence-electron chi connectivity index (χ1n) is 6.51. The molecule has 0 saturated heterocycles. The maximum atomic E-state index is 10.6. The van der Waals surface area contributed by atoms with Crippen molar-refractivity contribution in [3.63, 3.8) is 0 Å². The molecule has 0 atom stereocenters. The zero-order chi connectivity index (χ0) is 14.1. The monoisotopic (exact) mass is 273 g/mol. The van der Waals surface area contributed by atoms with Crippen LogP contribution in [-0.2, 0) is 12.8 Å². The largest absolute Gasteiger partial charge is 0.507 e. The summed E-state index contributed by atoms with van der Waals surface area (Å²) >= 11 is 0. The van der Waals surface area contributed by atoms with Gasteiger partial charge in [-0.3, -0.25) is 0 Å². The van der Waals surface area contributed by atoms with Crippen LogP contribution in [0.2, 0.25) is 0 Å². The fourth-order valence-electron chi connectivity index (χ4n) is 2.66. The predicted molar refractivity (Wildman–Crippen MR) is 74.8 cm³/mol. The van der Waals surface area contributed by atoms with Crippen LogP contribution in [0.4, 0.5) is 4.79 Å². The Morgan fingerprint density at radius 3 is 3.00 bits per heavy atom. The number of furan rings is 1. The third kappa shape index (κ3) is 2.09. The van der Waals surface area contributed by atoms with E-state index >= 15 is 0 Å². The topological polar surface area (TPSA) is 101 Å². The third-order valence-corrected chi connectivity index (χ3v) is 3.50. The number of phenolic OH excluding ortho intramolecular Hbond substituents is 1. The molecular weight excluding hydrogens is 258 g/mol. The molecule has 0 aliphatic heterocycles. The van der Waals surface area contributed by atoms with Crippen molar-refractivity contribution < 1.29 is 14.3 Å². The Labute approximate surface area is 115 Å². The number of fused-ring (bicyclic) bond motifs is 3. The number of phenols is 1.